The first-order valence-electron chi connectivity index (χ1n) is 5.73. The molecule has 0 saturated heterocycles. The van der Waals surface area contributed by atoms with E-state index in [-0.39, 0.29) is 11.6 Å². The summed E-state index contributed by atoms with van der Waals surface area (Å²) >= 11 is 0. The molecule has 4 heteroatoms. The molecule has 0 aliphatic heterocycles. The van der Waals surface area contributed by atoms with E-state index >= 15 is 0 Å². The summed E-state index contributed by atoms with van der Waals surface area (Å²) in [7, 11) is 0. The monoisotopic (exact) mass is 246 g/mol. The van der Waals surface area contributed by atoms with Gasteiger partial charge in [0.15, 0.2) is 5.78 Å². The van der Waals surface area contributed by atoms with Gasteiger partial charge in [-0.05, 0) is 18.2 Å². The molecule has 1 aromatic carbocycles. The van der Waals surface area contributed by atoms with Crippen LogP contribution in [0.15, 0.2) is 36.7 Å². The average molecular weight is 246 g/mol. The van der Waals surface area contributed by atoms with Crippen LogP contribution < -0.4 is 0 Å². The van der Waals surface area contributed by atoms with Crippen LogP contribution in [0.25, 0.3) is 5.69 Å². The number of carbonyl (C=O) groups excluding carboxylic acids is 1. The van der Waals surface area contributed by atoms with Crippen molar-refractivity contribution in [3.63, 3.8) is 0 Å². The van der Waals surface area contributed by atoms with Gasteiger partial charge in [0.2, 0.25) is 0 Å². The van der Waals surface area contributed by atoms with Gasteiger partial charge in [0.25, 0.3) is 0 Å². The third-order valence-electron chi connectivity index (χ3n) is 2.60. The fourth-order valence-electron chi connectivity index (χ4n) is 1.63. The van der Waals surface area contributed by atoms with Gasteiger partial charge in [-0.15, -0.1) is 0 Å². The molecule has 18 heavy (non-hydrogen) atoms. The third kappa shape index (κ3) is 2.47. The highest BCUT2D eigenvalue weighted by atomic mass is 19.1. The molecule has 0 saturated carbocycles. The van der Waals surface area contributed by atoms with Crippen molar-refractivity contribution in [2.75, 3.05) is 0 Å². The Labute approximate surface area is 105 Å². The van der Waals surface area contributed by atoms with Crippen LogP contribution >= 0.6 is 0 Å². The number of hydrogen-bond donors (Lipinski definition) is 0. The van der Waals surface area contributed by atoms with E-state index in [4.69, 9.17) is 0 Å². The summed E-state index contributed by atoms with van der Waals surface area (Å²) in [5, 5.41) is 4.09. The van der Waals surface area contributed by atoms with Gasteiger partial charge in [-0.25, -0.2) is 9.07 Å². The molecule has 0 fully saturated rings. The Balaban J connectivity index is 2.34. The molecule has 1 heterocycles. The zero-order valence-corrected chi connectivity index (χ0v) is 10.6. The van der Waals surface area contributed by atoms with Crippen molar-refractivity contribution in [1.82, 2.24) is 9.78 Å². The van der Waals surface area contributed by atoms with E-state index in [1.54, 1.807) is 18.3 Å². The number of hydrogen-bond acceptors (Lipinski definition) is 2. The van der Waals surface area contributed by atoms with Gasteiger partial charge in [-0.1, -0.05) is 26.8 Å². The number of halogens is 1. The van der Waals surface area contributed by atoms with Crippen LogP contribution in [-0.4, -0.2) is 15.6 Å². The highest BCUT2D eigenvalue weighted by Gasteiger charge is 2.24. The summed E-state index contributed by atoms with van der Waals surface area (Å²) in [6.07, 6.45) is 3.14. The average Bonchev–Trinajstić information content (AvgIpc) is 2.75. The standard InChI is InChI=1S/C14H15FN2O/c1-14(2,3)13(18)10-8-16-17(9-10)12-6-4-5-11(15)7-12/h4-9H,1-3H3. The Morgan fingerprint density at radius 1 is 1.33 bits per heavy atom. The van der Waals surface area contributed by atoms with Gasteiger partial charge in [0.1, 0.15) is 5.82 Å². The van der Waals surface area contributed by atoms with Crippen LogP contribution in [0, 0.1) is 11.2 Å². The normalized spacial score (nSPS) is 11.6. The van der Waals surface area contributed by atoms with Crippen molar-refractivity contribution in [1.29, 1.82) is 0 Å². The van der Waals surface area contributed by atoms with Crippen molar-refractivity contribution < 1.29 is 9.18 Å². The second-order valence-corrected chi connectivity index (χ2v) is 5.23. The quantitative estimate of drug-likeness (QED) is 0.762. The molecule has 0 N–H and O–H groups in total. The van der Waals surface area contributed by atoms with Gasteiger partial charge in [-0.2, -0.15) is 5.10 Å². The molecular formula is C14H15FN2O. The second-order valence-electron chi connectivity index (χ2n) is 5.23. The first-order valence-corrected chi connectivity index (χ1v) is 5.73. The highest BCUT2D eigenvalue weighted by molar-refractivity contribution is 5.99. The summed E-state index contributed by atoms with van der Waals surface area (Å²) in [6.45, 7) is 5.57. The van der Waals surface area contributed by atoms with Crippen molar-refractivity contribution in [2.24, 2.45) is 5.41 Å². The summed E-state index contributed by atoms with van der Waals surface area (Å²) in [5.74, 6) is -0.308. The molecule has 0 aliphatic rings. The molecule has 0 spiro atoms. The maximum atomic E-state index is 13.1. The van der Waals surface area contributed by atoms with Gasteiger partial charge in [0, 0.05) is 11.6 Å². The molecule has 0 radical (unpaired) electrons. The van der Waals surface area contributed by atoms with Crippen LogP contribution in [0.3, 0.4) is 0 Å². The van der Waals surface area contributed by atoms with Crippen molar-refractivity contribution >= 4 is 5.78 Å². The lowest BCUT2D eigenvalue weighted by molar-refractivity contribution is 0.0858. The SMILES string of the molecule is CC(C)(C)C(=O)c1cnn(-c2cccc(F)c2)c1. The van der Waals surface area contributed by atoms with Crippen LogP contribution in [0.4, 0.5) is 4.39 Å². The highest BCUT2D eigenvalue weighted by Crippen LogP contribution is 2.21. The molecule has 1 aromatic heterocycles. The minimum absolute atomic E-state index is 0.0187. The zero-order chi connectivity index (χ0) is 13.3. The topological polar surface area (TPSA) is 34.9 Å². The number of Topliss-reactive ketones (excluding diaryl/α,β-unsaturated/α-hetero) is 1. The predicted molar refractivity (Wildman–Crippen MR) is 67.3 cm³/mol. The predicted octanol–water partition coefficient (Wildman–Crippen LogP) is 3.24. The maximum Gasteiger partial charge on any atom is 0.171 e. The Bertz CT molecular complexity index is 581. The molecule has 3 nitrogen and oxygen atoms in total. The molecule has 94 valence electrons. The lowest BCUT2D eigenvalue weighted by Gasteiger charge is -2.14. The molecule has 0 aliphatic carbocycles. The van der Waals surface area contributed by atoms with Crippen LogP contribution in [0.2, 0.25) is 0 Å². The summed E-state index contributed by atoms with van der Waals surface area (Å²) in [4.78, 5) is 12.1. The Morgan fingerprint density at radius 2 is 2.06 bits per heavy atom. The van der Waals surface area contributed by atoms with Crippen molar-refractivity contribution in [2.45, 2.75) is 20.8 Å². The van der Waals surface area contributed by atoms with Crippen molar-refractivity contribution in [3.05, 3.63) is 48.0 Å². The van der Waals surface area contributed by atoms with Gasteiger partial charge in [-0.3, -0.25) is 4.79 Å². The summed E-state index contributed by atoms with van der Waals surface area (Å²) in [5.41, 5.74) is 0.685. The molecule has 2 rings (SSSR count). The van der Waals surface area contributed by atoms with E-state index in [1.807, 2.05) is 20.8 Å². The van der Waals surface area contributed by atoms with Crippen LogP contribution in [0.1, 0.15) is 31.1 Å². The van der Waals surface area contributed by atoms with Gasteiger partial charge in [0.05, 0.1) is 17.4 Å². The number of benzene rings is 1. The molecular weight excluding hydrogens is 231 g/mol. The first kappa shape index (κ1) is 12.5. The minimum Gasteiger partial charge on any atom is -0.293 e. The van der Waals surface area contributed by atoms with Crippen LogP contribution in [0.5, 0.6) is 0 Å². The van der Waals surface area contributed by atoms with E-state index in [1.165, 1.54) is 23.0 Å². The first-order chi connectivity index (χ1) is 8.38. The van der Waals surface area contributed by atoms with Crippen molar-refractivity contribution in [3.8, 4) is 5.69 Å². The van der Waals surface area contributed by atoms with E-state index in [0.717, 1.165) is 0 Å². The van der Waals surface area contributed by atoms with E-state index in [0.29, 0.717) is 11.3 Å². The molecule has 0 atom stereocenters. The number of carbonyl (C=O) groups is 1. The Kier molecular flexibility index (Phi) is 3.03. The summed E-state index contributed by atoms with van der Waals surface area (Å²) in [6, 6.07) is 6.09. The largest absolute Gasteiger partial charge is 0.293 e. The number of ketones is 1. The van der Waals surface area contributed by atoms with Crippen LogP contribution in [-0.2, 0) is 0 Å². The zero-order valence-electron chi connectivity index (χ0n) is 10.6. The minimum atomic E-state index is -0.449. The lowest BCUT2D eigenvalue weighted by Crippen LogP contribution is -2.19. The second kappa shape index (κ2) is 4.37. The van der Waals surface area contributed by atoms with Gasteiger partial charge >= 0.3 is 0 Å². The maximum absolute atomic E-state index is 13.1. The van der Waals surface area contributed by atoms with E-state index < -0.39 is 5.41 Å². The molecule has 0 amide bonds. The third-order valence-corrected chi connectivity index (χ3v) is 2.60. The van der Waals surface area contributed by atoms with E-state index in [2.05, 4.69) is 5.10 Å². The molecule has 0 unspecified atom stereocenters. The lowest BCUT2D eigenvalue weighted by atomic mass is 9.88. The fraction of sp³-hybridized carbons (Fsp3) is 0.286. The molecule has 2 aromatic rings. The Morgan fingerprint density at radius 3 is 2.67 bits per heavy atom. The molecule has 0 bridgehead atoms. The number of nitrogens with zero attached hydrogens (tertiary/aromatic N) is 2. The number of rotatable bonds is 2. The number of aromatic nitrogens is 2. The smallest absolute Gasteiger partial charge is 0.171 e. The fourth-order valence-corrected chi connectivity index (χ4v) is 1.63. The Hall–Kier alpha value is -1.97. The van der Waals surface area contributed by atoms with E-state index in [9.17, 15) is 9.18 Å². The van der Waals surface area contributed by atoms with Gasteiger partial charge < -0.3 is 0 Å². The summed E-state index contributed by atoms with van der Waals surface area (Å²) < 4.78 is 14.6.